The summed E-state index contributed by atoms with van der Waals surface area (Å²) >= 11 is 0. The van der Waals surface area contributed by atoms with E-state index in [2.05, 4.69) is 15.1 Å². The van der Waals surface area contributed by atoms with Crippen LogP contribution in [0.15, 0.2) is 24.5 Å². The number of aliphatic hydroxyl groups excluding tert-OH is 1. The second-order valence-electron chi connectivity index (χ2n) is 3.96. The van der Waals surface area contributed by atoms with Crippen molar-refractivity contribution in [3.05, 3.63) is 30.4 Å². The minimum atomic E-state index is -0.276. The molecule has 1 aliphatic rings. The SMILES string of the molecule is OC1CCn2nc(-c3ccncc3)nc2C1. The maximum Gasteiger partial charge on any atom is 0.181 e. The van der Waals surface area contributed by atoms with Gasteiger partial charge in [-0.1, -0.05) is 0 Å². The van der Waals surface area contributed by atoms with E-state index in [1.54, 1.807) is 12.4 Å². The van der Waals surface area contributed by atoms with Crippen LogP contribution in [0.2, 0.25) is 0 Å². The maximum atomic E-state index is 9.54. The molecule has 2 aromatic heterocycles. The molecule has 1 unspecified atom stereocenters. The van der Waals surface area contributed by atoms with Crippen LogP contribution in [0.3, 0.4) is 0 Å². The summed E-state index contributed by atoms with van der Waals surface area (Å²) in [6.45, 7) is 0.745. The minimum absolute atomic E-state index is 0.276. The van der Waals surface area contributed by atoms with E-state index in [4.69, 9.17) is 0 Å². The molecule has 3 heterocycles. The van der Waals surface area contributed by atoms with Gasteiger partial charge in [-0.2, -0.15) is 5.10 Å². The summed E-state index contributed by atoms with van der Waals surface area (Å²) in [7, 11) is 0. The predicted molar refractivity (Wildman–Crippen MR) is 57.6 cm³/mol. The van der Waals surface area contributed by atoms with Gasteiger partial charge in [-0.05, 0) is 18.6 Å². The average Bonchev–Trinajstić information content (AvgIpc) is 2.73. The normalized spacial score (nSPS) is 19.4. The number of rotatable bonds is 1. The van der Waals surface area contributed by atoms with Gasteiger partial charge in [0.2, 0.25) is 0 Å². The van der Waals surface area contributed by atoms with Crippen molar-refractivity contribution in [3.63, 3.8) is 0 Å². The molecule has 16 heavy (non-hydrogen) atoms. The first-order chi connectivity index (χ1) is 7.83. The third-order valence-corrected chi connectivity index (χ3v) is 2.78. The van der Waals surface area contributed by atoms with Crippen molar-refractivity contribution in [2.24, 2.45) is 0 Å². The monoisotopic (exact) mass is 216 g/mol. The largest absolute Gasteiger partial charge is 0.393 e. The molecule has 2 aromatic rings. The lowest BCUT2D eigenvalue weighted by Crippen LogP contribution is -2.23. The lowest BCUT2D eigenvalue weighted by atomic mass is 10.1. The molecule has 1 atom stereocenters. The Kier molecular flexibility index (Phi) is 2.18. The molecule has 1 N–H and O–H groups in total. The molecular weight excluding hydrogens is 204 g/mol. The molecule has 0 fully saturated rings. The lowest BCUT2D eigenvalue weighted by molar-refractivity contribution is 0.138. The third kappa shape index (κ3) is 1.59. The van der Waals surface area contributed by atoms with Crippen molar-refractivity contribution >= 4 is 0 Å². The van der Waals surface area contributed by atoms with Crippen LogP contribution in [0.5, 0.6) is 0 Å². The standard InChI is InChI=1S/C11H12N4O/c16-9-3-6-15-10(7-9)13-11(14-15)8-1-4-12-5-2-8/h1-2,4-5,9,16H,3,6-7H2. The van der Waals surface area contributed by atoms with Crippen LogP contribution in [0.4, 0.5) is 0 Å². The van der Waals surface area contributed by atoms with Gasteiger partial charge in [0.15, 0.2) is 5.82 Å². The van der Waals surface area contributed by atoms with E-state index in [0.29, 0.717) is 12.2 Å². The van der Waals surface area contributed by atoms with Gasteiger partial charge in [0, 0.05) is 30.9 Å². The summed E-state index contributed by atoms with van der Waals surface area (Å²) in [5.41, 5.74) is 0.964. The Morgan fingerprint density at radius 2 is 2.12 bits per heavy atom. The van der Waals surface area contributed by atoms with Crippen molar-refractivity contribution in [1.29, 1.82) is 0 Å². The Morgan fingerprint density at radius 1 is 1.31 bits per heavy atom. The van der Waals surface area contributed by atoms with Crippen LogP contribution >= 0.6 is 0 Å². The summed E-state index contributed by atoms with van der Waals surface area (Å²) in [6, 6.07) is 3.77. The van der Waals surface area contributed by atoms with Crippen LogP contribution in [-0.4, -0.2) is 31.0 Å². The molecule has 0 aliphatic carbocycles. The summed E-state index contributed by atoms with van der Waals surface area (Å²) in [6.07, 6.45) is 4.53. The van der Waals surface area contributed by atoms with E-state index in [0.717, 1.165) is 24.4 Å². The van der Waals surface area contributed by atoms with Crippen LogP contribution in [0, 0.1) is 0 Å². The van der Waals surface area contributed by atoms with E-state index >= 15 is 0 Å². The Bertz CT molecular complexity index is 494. The smallest absolute Gasteiger partial charge is 0.181 e. The highest BCUT2D eigenvalue weighted by Crippen LogP contribution is 2.18. The summed E-state index contributed by atoms with van der Waals surface area (Å²) in [5.74, 6) is 1.58. The van der Waals surface area contributed by atoms with Crippen molar-refractivity contribution in [2.45, 2.75) is 25.5 Å². The highest BCUT2D eigenvalue weighted by Gasteiger charge is 2.20. The van der Waals surface area contributed by atoms with Gasteiger partial charge in [-0.15, -0.1) is 0 Å². The lowest BCUT2D eigenvalue weighted by Gasteiger charge is -2.16. The zero-order valence-corrected chi connectivity index (χ0v) is 8.74. The second kappa shape index (κ2) is 3.68. The molecule has 0 bridgehead atoms. The number of hydrogen-bond acceptors (Lipinski definition) is 4. The van der Waals surface area contributed by atoms with Gasteiger partial charge in [-0.25, -0.2) is 9.67 Å². The van der Waals surface area contributed by atoms with Gasteiger partial charge in [0.05, 0.1) is 6.10 Å². The minimum Gasteiger partial charge on any atom is -0.393 e. The first kappa shape index (κ1) is 9.47. The van der Waals surface area contributed by atoms with Crippen molar-refractivity contribution < 1.29 is 5.11 Å². The van der Waals surface area contributed by atoms with E-state index in [-0.39, 0.29) is 6.10 Å². The Hall–Kier alpha value is -1.75. The number of hydrogen-bond donors (Lipinski definition) is 1. The number of aliphatic hydroxyl groups is 1. The molecule has 5 nitrogen and oxygen atoms in total. The van der Waals surface area contributed by atoms with Gasteiger partial charge in [0.1, 0.15) is 5.82 Å². The highest BCUT2D eigenvalue weighted by molar-refractivity contribution is 5.53. The zero-order chi connectivity index (χ0) is 11.0. The Labute approximate surface area is 92.8 Å². The van der Waals surface area contributed by atoms with Crippen LogP contribution in [0.25, 0.3) is 11.4 Å². The molecule has 0 spiro atoms. The molecule has 82 valence electrons. The second-order valence-corrected chi connectivity index (χ2v) is 3.96. The van der Waals surface area contributed by atoms with E-state index in [9.17, 15) is 5.11 Å². The van der Waals surface area contributed by atoms with Gasteiger partial charge in [-0.3, -0.25) is 4.98 Å². The van der Waals surface area contributed by atoms with E-state index in [1.807, 2.05) is 16.8 Å². The van der Waals surface area contributed by atoms with Gasteiger partial charge < -0.3 is 5.11 Å². The molecule has 0 saturated carbocycles. The van der Waals surface area contributed by atoms with Crippen molar-refractivity contribution in [2.75, 3.05) is 0 Å². The fraction of sp³-hybridized carbons (Fsp3) is 0.364. The summed E-state index contributed by atoms with van der Waals surface area (Å²) < 4.78 is 1.88. The number of aromatic nitrogens is 4. The first-order valence-corrected chi connectivity index (χ1v) is 5.35. The fourth-order valence-electron chi connectivity index (χ4n) is 1.91. The number of nitrogens with zero attached hydrogens (tertiary/aromatic N) is 4. The van der Waals surface area contributed by atoms with Crippen LogP contribution < -0.4 is 0 Å². The molecular formula is C11H12N4O. The maximum absolute atomic E-state index is 9.54. The number of pyridine rings is 1. The molecule has 0 saturated heterocycles. The zero-order valence-electron chi connectivity index (χ0n) is 8.74. The van der Waals surface area contributed by atoms with E-state index < -0.39 is 0 Å². The molecule has 0 radical (unpaired) electrons. The average molecular weight is 216 g/mol. The third-order valence-electron chi connectivity index (χ3n) is 2.78. The molecule has 5 heteroatoms. The van der Waals surface area contributed by atoms with Crippen molar-refractivity contribution in [1.82, 2.24) is 19.7 Å². The van der Waals surface area contributed by atoms with Gasteiger partial charge in [0.25, 0.3) is 0 Å². The molecule has 1 aliphatic heterocycles. The van der Waals surface area contributed by atoms with Crippen LogP contribution in [-0.2, 0) is 13.0 Å². The van der Waals surface area contributed by atoms with E-state index in [1.165, 1.54) is 0 Å². The molecule has 0 aromatic carbocycles. The summed E-state index contributed by atoms with van der Waals surface area (Å²) in [4.78, 5) is 8.40. The molecule has 0 amide bonds. The topological polar surface area (TPSA) is 63.8 Å². The predicted octanol–water partition coefficient (Wildman–Crippen LogP) is 0.647. The quantitative estimate of drug-likeness (QED) is 0.760. The van der Waals surface area contributed by atoms with Crippen molar-refractivity contribution in [3.8, 4) is 11.4 Å². The fourth-order valence-corrected chi connectivity index (χ4v) is 1.91. The Morgan fingerprint density at radius 3 is 2.94 bits per heavy atom. The summed E-state index contributed by atoms with van der Waals surface area (Å²) in [5, 5.41) is 14.0. The Balaban J connectivity index is 1.99. The molecule has 3 rings (SSSR count). The first-order valence-electron chi connectivity index (χ1n) is 5.35. The number of fused-ring (bicyclic) bond motifs is 1. The number of aryl methyl sites for hydroxylation is 1. The van der Waals surface area contributed by atoms with Crippen LogP contribution in [0.1, 0.15) is 12.2 Å². The highest BCUT2D eigenvalue weighted by atomic mass is 16.3. The van der Waals surface area contributed by atoms with Gasteiger partial charge >= 0.3 is 0 Å².